The van der Waals surface area contributed by atoms with Crippen LogP contribution in [0, 0.1) is 0 Å². The topological polar surface area (TPSA) is 142 Å². The predicted molar refractivity (Wildman–Crippen MR) is 137 cm³/mol. The number of hydrogen-bond acceptors (Lipinski definition) is 12. The van der Waals surface area contributed by atoms with Crippen LogP contribution >= 0.6 is 11.6 Å². The van der Waals surface area contributed by atoms with Crippen molar-refractivity contribution in [2.24, 2.45) is 0 Å². The van der Waals surface area contributed by atoms with Gasteiger partial charge in [0.05, 0.1) is 11.1 Å². The lowest BCUT2D eigenvalue weighted by atomic mass is 9.87. The van der Waals surface area contributed by atoms with Crippen LogP contribution in [0.5, 0.6) is 5.75 Å². The molecule has 1 aliphatic heterocycles. The molecule has 0 amide bonds. The highest BCUT2D eigenvalue weighted by Crippen LogP contribution is 2.45. The molecule has 0 spiro atoms. The Morgan fingerprint density at radius 1 is 0.900 bits per heavy atom. The lowest BCUT2D eigenvalue weighted by molar-refractivity contribution is -0.367. The molecule has 7 atom stereocenters. The number of carbonyl (C=O) groups is 4. The molecule has 2 fully saturated rings. The molecule has 1 saturated heterocycles. The Bertz CT molecular complexity index is 1090. The molecule has 12 nitrogen and oxygen atoms in total. The van der Waals surface area contributed by atoms with Crippen molar-refractivity contribution >= 4 is 35.5 Å². The molecule has 1 saturated carbocycles. The van der Waals surface area contributed by atoms with Crippen molar-refractivity contribution in [3.63, 3.8) is 0 Å². The highest BCUT2D eigenvalue weighted by Gasteiger charge is 2.61. The van der Waals surface area contributed by atoms with E-state index >= 15 is 0 Å². The van der Waals surface area contributed by atoms with Crippen LogP contribution in [-0.2, 0) is 58.1 Å². The van der Waals surface area contributed by atoms with Gasteiger partial charge in [-0.1, -0.05) is 17.7 Å². The van der Waals surface area contributed by atoms with E-state index < -0.39 is 60.7 Å². The molecule has 1 aliphatic carbocycles. The third-order valence-electron chi connectivity index (χ3n) is 6.64. The molecule has 0 N–H and O–H groups in total. The van der Waals surface area contributed by atoms with Gasteiger partial charge in [-0.25, -0.2) is 0 Å². The first-order valence-electron chi connectivity index (χ1n) is 12.8. The molecule has 1 heterocycles. The van der Waals surface area contributed by atoms with Gasteiger partial charge in [-0.2, -0.15) is 0 Å². The number of esters is 4. The monoisotopic (exact) mass is 586 g/mol. The van der Waals surface area contributed by atoms with Crippen LogP contribution in [0.25, 0.3) is 0 Å². The summed E-state index contributed by atoms with van der Waals surface area (Å²) in [5.74, 6) is -4.52. The summed E-state index contributed by atoms with van der Waals surface area (Å²) in [6.45, 7) is 4.23. The summed E-state index contributed by atoms with van der Waals surface area (Å²) in [6.07, 6.45) is -3.28. The molecule has 13 heteroatoms. The molecule has 3 rings (SSSR count). The molecular formula is C27H35ClO12. The van der Waals surface area contributed by atoms with Crippen molar-refractivity contribution in [3.8, 4) is 5.75 Å². The minimum atomic E-state index is -1.94. The van der Waals surface area contributed by atoms with Crippen molar-refractivity contribution in [1.29, 1.82) is 0 Å². The average molecular weight is 587 g/mol. The van der Waals surface area contributed by atoms with Gasteiger partial charge in [0.15, 0.2) is 12.2 Å². The van der Waals surface area contributed by atoms with Crippen molar-refractivity contribution in [1.82, 2.24) is 0 Å². The highest BCUT2D eigenvalue weighted by molar-refractivity contribution is 6.32. The van der Waals surface area contributed by atoms with Crippen LogP contribution in [-0.4, -0.2) is 81.3 Å². The number of carbonyl (C=O) groups excluding carboxylic acids is 4. The van der Waals surface area contributed by atoms with Crippen molar-refractivity contribution < 1.29 is 57.1 Å². The maximum Gasteiger partial charge on any atom is 0.303 e. The predicted octanol–water partition coefficient (Wildman–Crippen LogP) is 2.84. The molecular weight excluding hydrogens is 552 g/mol. The number of benzene rings is 1. The van der Waals surface area contributed by atoms with E-state index in [1.54, 1.807) is 25.3 Å². The van der Waals surface area contributed by atoms with E-state index in [0.717, 1.165) is 33.6 Å². The minimum Gasteiger partial charge on any atom is -0.489 e. The van der Waals surface area contributed by atoms with Crippen LogP contribution in [0.2, 0.25) is 5.02 Å². The summed E-state index contributed by atoms with van der Waals surface area (Å²) in [5.41, 5.74) is 0.285. The maximum atomic E-state index is 12.3. The zero-order valence-electron chi connectivity index (χ0n) is 23.3. The van der Waals surface area contributed by atoms with Crippen LogP contribution in [0.3, 0.4) is 0 Å². The van der Waals surface area contributed by atoms with E-state index in [1.807, 2.05) is 0 Å². The number of rotatable bonds is 10. The Balaban J connectivity index is 2.13. The van der Waals surface area contributed by atoms with E-state index in [2.05, 4.69) is 0 Å². The van der Waals surface area contributed by atoms with Gasteiger partial charge in [0.1, 0.15) is 24.6 Å². The first-order chi connectivity index (χ1) is 18.9. The molecule has 0 radical (unpaired) electrons. The Kier molecular flexibility index (Phi) is 10.8. The van der Waals surface area contributed by atoms with Crippen LogP contribution in [0.1, 0.15) is 52.5 Å². The molecule has 0 aromatic heterocycles. The van der Waals surface area contributed by atoms with Gasteiger partial charge in [-0.3, -0.25) is 19.2 Å². The van der Waals surface area contributed by atoms with Gasteiger partial charge in [0.25, 0.3) is 0 Å². The molecule has 222 valence electrons. The third-order valence-corrected chi connectivity index (χ3v) is 6.95. The molecule has 2 aliphatic rings. The van der Waals surface area contributed by atoms with Crippen molar-refractivity contribution in [3.05, 3.63) is 28.8 Å². The number of halogens is 1. The maximum absolute atomic E-state index is 12.3. The summed E-state index contributed by atoms with van der Waals surface area (Å²) in [4.78, 5) is 48.2. The van der Waals surface area contributed by atoms with Gasteiger partial charge in [0, 0.05) is 53.9 Å². The standard InChI is InChI=1S/C27H35ClO12/c1-14(29)35-13-23-24(36-15(2)30)25(37-16(3)31)26(38-17(4)32)27(34-6,40-23)18-7-10-21(28)22(11-18)39-20-9-8-19(12-20)33-5/h7,10-11,19-20,23-26H,8-9,12-13H2,1-6H3/t19-,20?,23-,24-,25+,26-,27?/m1/s1. The Labute approximate surface area is 237 Å². The van der Waals surface area contributed by atoms with Gasteiger partial charge in [0.2, 0.25) is 11.9 Å². The zero-order valence-corrected chi connectivity index (χ0v) is 24.1. The van der Waals surface area contributed by atoms with Crippen molar-refractivity contribution in [2.75, 3.05) is 20.8 Å². The van der Waals surface area contributed by atoms with Crippen LogP contribution in [0.4, 0.5) is 0 Å². The minimum absolute atomic E-state index is 0.0667. The van der Waals surface area contributed by atoms with Gasteiger partial charge in [-0.15, -0.1) is 0 Å². The summed E-state index contributed by atoms with van der Waals surface area (Å²) >= 11 is 6.48. The smallest absolute Gasteiger partial charge is 0.303 e. The van der Waals surface area contributed by atoms with Crippen LogP contribution in [0.15, 0.2) is 18.2 Å². The van der Waals surface area contributed by atoms with Gasteiger partial charge in [-0.05, 0) is 25.0 Å². The van der Waals surface area contributed by atoms with Gasteiger partial charge >= 0.3 is 23.9 Å². The second-order valence-corrected chi connectivity index (χ2v) is 9.97. The van der Waals surface area contributed by atoms with E-state index in [4.69, 9.17) is 49.5 Å². The van der Waals surface area contributed by atoms with E-state index in [-0.39, 0.29) is 17.8 Å². The van der Waals surface area contributed by atoms with Crippen LogP contribution < -0.4 is 4.74 Å². The Morgan fingerprint density at radius 3 is 2.08 bits per heavy atom. The fraction of sp³-hybridized carbons (Fsp3) is 0.630. The van der Waals surface area contributed by atoms with E-state index in [1.165, 1.54) is 14.0 Å². The first kappa shape index (κ1) is 31.6. The summed E-state index contributed by atoms with van der Waals surface area (Å²) in [7, 11) is 2.94. The highest BCUT2D eigenvalue weighted by atomic mass is 35.5. The molecule has 1 aromatic rings. The Morgan fingerprint density at radius 2 is 1.52 bits per heavy atom. The molecule has 1 aromatic carbocycles. The van der Waals surface area contributed by atoms with E-state index in [9.17, 15) is 19.2 Å². The summed E-state index contributed by atoms with van der Waals surface area (Å²) < 4.78 is 45.7. The number of hydrogen-bond donors (Lipinski definition) is 0. The first-order valence-corrected chi connectivity index (χ1v) is 13.1. The fourth-order valence-electron chi connectivity index (χ4n) is 4.99. The number of ether oxygens (including phenoxy) is 8. The van der Waals surface area contributed by atoms with E-state index in [0.29, 0.717) is 17.2 Å². The largest absolute Gasteiger partial charge is 0.489 e. The quantitative estimate of drug-likeness (QED) is 0.294. The van der Waals surface area contributed by atoms with Crippen molar-refractivity contribution in [2.45, 2.75) is 89.4 Å². The number of methoxy groups -OCH3 is 2. The lowest BCUT2D eigenvalue weighted by Crippen LogP contribution is -2.67. The molecule has 0 bridgehead atoms. The lowest BCUT2D eigenvalue weighted by Gasteiger charge is -2.50. The molecule has 2 unspecified atom stereocenters. The zero-order chi connectivity index (χ0) is 29.6. The second kappa shape index (κ2) is 13.6. The summed E-state index contributed by atoms with van der Waals surface area (Å²) in [5, 5.41) is 0.307. The second-order valence-electron chi connectivity index (χ2n) is 9.56. The molecule has 40 heavy (non-hydrogen) atoms. The normalized spacial score (nSPS) is 29.8. The SMILES string of the molecule is CO[C@@H]1CCC(Oc2cc(C3(OC)O[C@H](COC(C)=O)[C@@H](OC(C)=O)[C@H](OC(C)=O)[C@H]3OC(C)=O)ccc2Cl)C1. The van der Waals surface area contributed by atoms with Gasteiger partial charge < -0.3 is 37.9 Å². The Hall–Kier alpha value is -2.93. The summed E-state index contributed by atoms with van der Waals surface area (Å²) in [6, 6.07) is 4.70. The fourth-order valence-corrected chi connectivity index (χ4v) is 5.15. The average Bonchev–Trinajstić information content (AvgIpc) is 3.33. The third kappa shape index (κ3) is 7.42.